The number of aromatic nitrogens is 2. The molecule has 8 heteroatoms. The van der Waals surface area contributed by atoms with E-state index in [0.29, 0.717) is 17.7 Å². The molecule has 1 fully saturated rings. The fraction of sp³-hybridized carbons (Fsp3) is 0.346. The van der Waals surface area contributed by atoms with E-state index >= 15 is 0 Å². The first-order valence-electron chi connectivity index (χ1n) is 11.8. The van der Waals surface area contributed by atoms with E-state index in [1.807, 2.05) is 24.3 Å². The first-order valence-corrected chi connectivity index (χ1v) is 13.3. The van der Waals surface area contributed by atoms with E-state index < -0.39 is 10.0 Å². The summed E-state index contributed by atoms with van der Waals surface area (Å²) in [6, 6.07) is 15.8. The molecule has 1 aliphatic carbocycles. The molecule has 0 amide bonds. The number of benzene rings is 2. The van der Waals surface area contributed by atoms with E-state index in [9.17, 15) is 13.2 Å². The first-order chi connectivity index (χ1) is 16.4. The number of hydrogen-bond donors (Lipinski definition) is 1. The van der Waals surface area contributed by atoms with Crippen molar-refractivity contribution in [1.82, 2.24) is 10.2 Å². The van der Waals surface area contributed by atoms with E-state index in [4.69, 9.17) is 0 Å². The van der Waals surface area contributed by atoms with Crippen molar-refractivity contribution in [3.05, 3.63) is 65.7 Å². The fourth-order valence-corrected chi connectivity index (χ4v) is 5.67. The number of nitrogens with zero attached hydrogens (tertiary/aromatic N) is 3. The minimum Gasteiger partial charge on any atom is -0.355 e. The Kier molecular flexibility index (Phi) is 6.08. The highest BCUT2D eigenvalue weighted by Crippen LogP contribution is 2.27. The van der Waals surface area contributed by atoms with E-state index in [1.165, 1.54) is 18.9 Å². The number of carbonyl (C=O) groups excluding carboxylic acids is 1. The minimum atomic E-state index is -3.81. The molecule has 0 saturated carbocycles. The zero-order valence-corrected chi connectivity index (χ0v) is 20.0. The highest BCUT2D eigenvalue weighted by Gasteiger charge is 2.22. The highest BCUT2D eigenvalue weighted by molar-refractivity contribution is 7.92. The predicted octanol–water partition coefficient (Wildman–Crippen LogP) is 4.70. The fourth-order valence-electron chi connectivity index (χ4n) is 4.58. The molecule has 1 N–H and O–H groups in total. The number of hydrogen-bond acceptors (Lipinski definition) is 6. The van der Waals surface area contributed by atoms with E-state index in [2.05, 4.69) is 26.7 Å². The van der Waals surface area contributed by atoms with Crippen LogP contribution in [0.3, 0.4) is 0 Å². The lowest BCUT2D eigenvalue weighted by Crippen LogP contribution is -2.33. The van der Waals surface area contributed by atoms with Crippen molar-refractivity contribution >= 4 is 27.3 Å². The molecule has 0 unspecified atom stereocenters. The lowest BCUT2D eigenvalue weighted by molar-refractivity contribution is 0.0972. The highest BCUT2D eigenvalue weighted by atomic mass is 32.2. The molecule has 2 aliphatic rings. The summed E-state index contributed by atoms with van der Waals surface area (Å²) in [6.45, 7) is 4.29. The van der Waals surface area contributed by atoms with Crippen LogP contribution in [0.25, 0.3) is 11.3 Å². The molecular formula is C26H28N4O3S. The van der Waals surface area contributed by atoms with Gasteiger partial charge in [-0.15, -0.1) is 10.2 Å². The number of ketones is 1. The van der Waals surface area contributed by atoms with Crippen LogP contribution >= 0.6 is 0 Å². The number of anilines is 2. The summed E-state index contributed by atoms with van der Waals surface area (Å²) in [6.07, 6.45) is 4.42. The third kappa shape index (κ3) is 4.68. The SMILES string of the molecule is CC1CCN(c2ccc(-c3ccc(NS(=O)(=O)c4ccc5c(c4)C(=O)CCC5)cc3)nn2)CC1. The zero-order chi connectivity index (χ0) is 23.7. The minimum absolute atomic E-state index is 0.00428. The molecule has 1 aromatic heterocycles. The van der Waals surface area contributed by atoms with Crippen molar-refractivity contribution in [3.63, 3.8) is 0 Å². The van der Waals surface area contributed by atoms with Crippen LogP contribution in [0.5, 0.6) is 0 Å². The first kappa shape index (κ1) is 22.5. The Morgan fingerprint density at radius 2 is 1.71 bits per heavy atom. The Labute approximate surface area is 200 Å². The van der Waals surface area contributed by atoms with Gasteiger partial charge in [0.15, 0.2) is 11.6 Å². The van der Waals surface area contributed by atoms with Crippen molar-refractivity contribution in [1.29, 1.82) is 0 Å². The average Bonchev–Trinajstić information content (AvgIpc) is 2.85. The van der Waals surface area contributed by atoms with Gasteiger partial charge in [0.2, 0.25) is 0 Å². The second kappa shape index (κ2) is 9.18. The largest absolute Gasteiger partial charge is 0.355 e. The Bertz CT molecular complexity index is 1300. The number of nitrogens with one attached hydrogen (secondary N) is 1. The summed E-state index contributed by atoms with van der Waals surface area (Å²) >= 11 is 0. The van der Waals surface area contributed by atoms with Gasteiger partial charge < -0.3 is 4.90 Å². The monoisotopic (exact) mass is 476 g/mol. The number of Topliss-reactive ketones (excluding diaryl/α,β-unsaturated/α-hetero) is 1. The van der Waals surface area contributed by atoms with Gasteiger partial charge in [0, 0.05) is 36.3 Å². The van der Waals surface area contributed by atoms with Gasteiger partial charge in [0.25, 0.3) is 10.0 Å². The maximum atomic E-state index is 12.9. The topological polar surface area (TPSA) is 92.3 Å². The summed E-state index contributed by atoms with van der Waals surface area (Å²) in [4.78, 5) is 14.6. The van der Waals surface area contributed by atoms with Crippen LogP contribution in [0.1, 0.15) is 48.5 Å². The van der Waals surface area contributed by atoms with Crippen LogP contribution in [0, 0.1) is 5.92 Å². The van der Waals surface area contributed by atoms with Crippen molar-refractivity contribution in [2.45, 2.75) is 43.9 Å². The number of rotatable bonds is 5. The molecule has 5 rings (SSSR count). The van der Waals surface area contributed by atoms with Gasteiger partial charge in [-0.2, -0.15) is 0 Å². The van der Waals surface area contributed by atoms with E-state index in [-0.39, 0.29) is 10.7 Å². The molecule has 176 valence electrons. The Balaban J connectivity index is 1.29. The Morgan fingerprint density at radius 1 is 0.941 bits per heavy atom. The van der Waals surface area contributed by atoms with Crippen molar-refractivity contribution in [2.24, 2.45) is 5.92 Å². The van der Waals surface area contributed by atoms with Crippen molar-refractivity contribution in [2.75, 3.05) is 22.7 Å². The summed E-state index contributed by atoms with van der Waals surface area (Å²) in [5.41, 5.74) is 3.47. The molecule has 0 spiro atoms. The van der Waals surface area contributed by atoms with Crippen LogP contribution < -0.4 is 9.62 Å². The van der Waals surface area contributed by atoms with Gasteiger partial charge in [0.1, 0.15) is 0 Å². The van der Waals surface area contributed by atoms with Crippen LogP contribution in [0.2, 0.25) is 0 Å². The van der Waals surface area contributed by atoms with Gasteiger partial charge in [-0.1, -0.05) is 25.1 Å². The summed E-state index contributed by atoms with van der Waals surface area (Å²) in [7, 11) is -3.81. The van der Waals surface area contributed by atoms with Gasteiger partial charge in [-0.3, -0.25) is 9.52 Å². The second-order valence-electron chi connectivity index (χ2n) is 9.22. The molecule has 0 atom stereocenters. The van der Waals surface area contributed by atoms with Gasteiger partial charge in [-0.05, 0) is 73.6 Å². The lowest BCUT2D eigenvalue weighted by atomic mass is 9.91. The molecule has 0 radical (unpaired) electrons. The molecule has 7 nitrogen and oxygen atoms in total. The van der Waals surface area contributed by atoms with Crippen molar-refractivity contribution < 1.29 is 13.2 Å². The Hall–Kier alpha value is -3.26. The van der Waals surface area contributed by atoms with Crippen LogP contribution in [-0.2, 0) is 16.4 Å². The maximum Gasteiger partial charge on any atom is 0.261 e. The Morgan fingerprint density at radius 3 is 2.41 bits per heavy atom. The van der Waals surface area contributed by atoms with Gasteiger partial charge in [0.05, 0.1) is 10.6 Å². The molecule has 3 aromatic rings. The number of aryl methyl sites for hydroxylation is 1. The normalized spacial score (nSPS) is 16.9. The van der Waals surface area contributed by atoms with E-state index in [1.54, 1.807) is 24.3 Å². The second-order valence-corrected chi connectivity index (χ2v) is 10.9. The summed E-state index contributed by atoms with van der Waals surface area (Å²) < 4.78 is 28.4. The van der Waals surface area contributed by atoms with Crippen molar-refractivity contribution in [3.8, 4) is 11.3 Å². The van der Waals surface area contributed by atoms with E-state index in [0.717, 1.165) is 54.5 Å². The number of fused-ring (bicyclic) bond motifs is 1. The molecule has 1 saturated heterocycles. The molecular weight excluding hydrogens is 448 g/mol. The summed E-state index contributed by atoms with van der Waals surface area (Å²) in [5.74, 6) is 1.65. The zero-order valence-electron chi connectivity index (χ0n) is 19.2. The van der Waals surface area contributed by atoms with Crippen LogP contribution in [-0.4, -0.2) is 37.5 Å². The predicted molar refractivity (Wildman–Crippen MR) is 133 cm³/mol. The smallest absolute Gasteiger partial charge is 0.261 e. The number of sulfonamides is 1. The van der Waals surface area contributed by atoms with Gasteiger partial charge >= 0.3 is 0 Å². The molecule has 34 heavy (non-hydrogen) atoms. The lowest BCUT2D eigenvalue weighted by Gasteiger charge is -2.30. The average molecular weight is 477 g/mol. The van der Waals surface area contributed by atoms with Gasteiger partial charge in [-0.25, -0.2) is 8.42 Å². The quantitative estimate of drug-likeness (QED) is 0.574. The summed E-state index contributed by atoms with van der Waals surface area (Å²) in [5, 5.41) is 8.78. The number of carbonyl (C=O) groups is 1. The molecule has 1 aliphatic heterocycles. The standard InChI is InChI=1S/C26H28N4O3S/c1-18-13-15-30(16-14-18)26-12-11-24(27-28-26)20-5-8-21(9-6-20)29-34(32,33)22-10-7-19-3-2-4-25(31)23(19)17-22/h5-12,17-18,29H,2-4,13-16H2,1H3. The maximum absolute atomic E-state index is 12.9. The molecule has 2 heterocycles. The number of piperidine rings is 1. The third-order valence-electron chi connectivity index (χ3n) is 6.73. The van der Waals surface area contributed by atoms with Crippen LogP contribution in [0.4, 0.5) is 11.5 Å². The third-order valence-corrected chi connectivity index (χ3v) is 8.11. The molecule has 0 bridgehead atoms. The van der Waals surface area contributed by atoms with Crippen LogP contribution in [0.15, 0.2) is 59.5 Å². The molecule has 2 aromatic carbocycles.